The number of anilines is 3. The van der Waals surface area contributed by atoms with Crippen LogP contribution in [0.4, 0.5) is 17.1 Å². The first-order valence-corrected chi connectivity index (χ1v) is 11.5. The second-order valence-corrected chi connectivity index (χ2v) is 10.3. The summed E-state index contributed by atoms with van der Waals surface area (Å²) in [6.45, 7) is 9.50. The van der Waals surface area contributed by atoms with Crippen LogP contribution in [-0.4, -0.2) is 0 Å². The molecule has 32 heavy (non-hydrogen) atoms. The summed E-state index contributed by atoms with van der Waals surface area (Å²) in [6.07, 6.45) is 1.20. The van der Waals surface area contributed by atoms with Crippen LogP contribution in [0.3, 0.4) is 0 Å². The number of nitrogens with zero attached hydrogens (tertiary/aromatic N) is 1. The first kappa shape index (κ1) is 20.6. The van der Waals surface area contributed by atoms with Crippen LogP contribution in [0.25, 0.3) is 11.1 Å². The Balaban J connectivity index is 1.53. The fraction of sp³-hybridized carbons (Fsp3) is 0.226. The van der Waals surface area contributed by atoms with Crippen molar-refractivity contribution in [2.45, 2.75) is 44.9 Å². The predicted molar refractivity (Wildman–Crippen MR) is 137 cm³/mol. The van der Waals surface area contributed by atoms with Crippen molar-refractivity contribution in [1.82, 2.24) is 0 Å². The Kier molecular flexibility index (Phi) is 4.93. The van der Waals surface area contributed by atoms with Gasteiger partial charge in [-0.1, -0.05) is 94.4 Å². The first-order chi connectivity index (χ1) is 15.4. The van der Waals surface area contributed by atoms with Crippen molar-refractivity contribution in [3.05, 3.63) is 114 Å². The second kappa shape index (κ2) is 7.67. The van der Waals surface area contributed by atoms with Gasteiger partial charge in [0.05, 0.1) is 0 Å². The van der Waals surface area contributed by atoms with Crippen molar-refractivity contribution in [1.29, 1.82) is 0 Å². The van der Waals surface area contributed by atoms with E-state index >= 15 is 0 Å². The van der Waals surface area contributed by atoms with Crippen molar-refractivity contribution in [2.24, 2.45) is 0 Å². The van der Waals surface area contributed by atoms with E-state index in [1.807, 2.05) is 0 Å². The summed E-state index contributed by atoms with van der Waals surface area (Å²) in [5.41, 5.74) is 9.50. The van der Waals surface area contributed by atoms with Gasteiger partial charge in [-0.2, -0.15) is 0 Å². The summed E-state index contributed by atoms with van der Waals surface area (Å²) in [7, 11) is 0. The number of hydrogen-bond donors (Lipinski definition) is 0. The standard InChI is InChI=1S/C31H31N/c1-30(2)22-31(3,4)29-21-24(17-20-28(29)30)23-15-18-27(19-16-23)32(25-11-7-5-8-12-25)26-13-9-6-10-14-26/h5-21H,22H2,1-4H3. The Morgan fingerprint density at radius 3 is 1.53 bits per heavy atom. The summed E-state index contributed by atoms with van der Waals surface area (Å²) < 4.78 is 0. The van der Waals surface area contributed by atoms with E-state index in [-0.39, 0.29) is 10.8 Å². The lowest BCUT2D eigenvalue weighted by atomic mass is 9.82. The van der Waals surface area contributed by atoms with Crippen LogP contribution < -0.4 is 4.90 Å². The molecule has 1 nitrogen and oxygen atoms in total. The molecule has 4 aromatic rings. The van der Waals surface area contributed by atoms with Crippen LogP contribution in [0.15, 0.2) is 103 Å². The fourth-order valence-corrected chi connectivity index (χ4v) is 5.57. The van der Waals surface area contributed by atoms with E-state index in [4.69, 9.17) is 0 Å². The van der Waals surface area contributed by atoms with Crippen LogP contribution in [0.1, 0.15) is 45.2 Å². The maximum atomic E-state index is 2.42. The highest BCUT2D eigenvalue weighted by Gasteiger charge is 2.41. The molecular formula is C31H31N. The van der Waals surface area contributed by atoms with Gasteiger partial charge in [0.25, 0.3) is 0 Å². The maximum absolute atomic E-state index is 2.42. The quantitative estimate of drug-likeness (QED) is 0.321. The molecule has 0 atom stereocenters. The third-order valence-electron chi connectivity index (χ3n) is 6.85. The van der Waals surface area contributed by atoms with Gasteiger partial charge in [0.15, 0.2) is 0 Å². The zero-order valence-electron chi connectivity index (χ0n) is 19.5. The minimum atomic E-state index is 0.214. The monoisotopic (exact) mass is 417 g/mol. The topological polar surface area (TPSA) is 3.24 Å². The molecule has 0 radical (unpaired) electrons. The Labute approximate surface area is 192 Å². The molecule has 0 aliphatic heterocycles. The molecule has 0 saturated heterocycles. The third kappa shape index (κ3) is 3.62. The van der Waals surface area contributed by atoms with Gasteiger partial charge < -0.3 is 4.90 Å². The molecule has 0 bridgehead atoms. The predicted octanol–water partition coefficient (Wildman–Crippen LogP) is 8.78. The molecule has 0 N–H and O–H groups in total. The van der Waals surface area contributed by atoms with E-state index in [0.717, 1.165) is 17.1 Å². The van der Waals surface area contributed by atoms with Crippen molar-refractivity contribution in [3.8, 4) is 11.1 Å². The van der Waals surface area contributed by atoms with Crippen molar-refractivity contribution >= 4 is 17.1 Å². The highest BCUT2D eigenvalue weighted by molar-refractivity contribution is 5.78. The number of hydrogen-bond acceptors (Lipinski definition) is 1. The summed E-state index contributed by atoms with van der Waals surface area (Å²) in [6, 6.07) is 37.2. The number of benzene rings is 4. The van der Waals surface area contributed by atoms with Crippen molar-refractivity contribution in [2.75, 3.05) is 4.90 Å². The number of rotatable bonds is 4. The lowest BCUT2D eigenvalue weighted by Crippen LogP contribution is -2.17. The van der Waals surface area contributed by atoms with Gasteiger partial charge >= 0.3 is 0 Å². The molecular weight excluding hydrogens is 386 g/mol. The molecule has 4 aromatic carbocycles. The molecule has 0 amide bonds. The lowest BCUT2D eigenvalue weighted by molar-refractivity contribution is 0.403. The summed E-state index contributed by atoms with van der Waals surface area (Å²) in [4.78, 5) is 2.30. The summed E-state index contributed by atoms with van der Waals surface area (Å²) >= 11 is 0. The first-order valence-electron chi connectivity index (χ1n) is 11.5. The smallest absolute Gasteiger partial charge is 0.0462 e. The van der Waals surface area contributed by atoms with E-state index in [2.05, 4.69) is 136 Å². The zero-order valence-corrected chi connectivity index (χ0v) is 19.5. The van der Waals surface area contributed by atoms with E-state index in [0.29, 0.717) is 0 Å². The average molecular weight is 418 g/mol. The van der Waals surface area contributed by atoms with Crippen molar-refractivity contribution < 1.29 is 0 Å². The Bertz CT molecular complexity index is 1180. The maximum Gasteiger partial charge on any atom is 0.0462 e. The van der Waals surface area contributed by atoms with Gasteiger partial charge in [-0.15, -0.1) is 0 Å². The molecule has 0 saturated carbocycles. The highest BCUT2D eigenvalue weighted by atomic mass is 15.1. The third-order valence-corrected chi connectivity index (χ3v) is 6.85. The van der Waals surface area contributed by atoms with Crippen LogP contribution in [-0.2, 0) is 10.8 Å². The summed E-state index contributed by atoms with van der Waals surface area (Å²) in [5.74, 6) is 0. The van der Waals surface area contributed by atoms with Gasteiger partial charge in [-0.25, -0.2) is 0 Å². The molecule has 160 valence electrons. The van der Waals surface area contributed by atoms with Gasteiger partial charge in [0.2, 0.25) is 0 Å². The minimum absolute atomic E-state index is 0.214. The largest absolute Gasteiger partial charge is 0.311 e. The van der Waals surface area contributed by atoms with Crippen LogP contribution in [0.5, 0.6) is 0 Å². The molecule has 5 rings (SSSR count). The molecule has 1 aliphatic rings. The number of para-hydroxylation sites is 2. The highest BCUT2D eigenvalue weighted by Crippen LogP contribution is 2.50. The molecule has 0 aromatic heterocycles. The Morgan fingerprint density at radius 1 is 0.500 bits per heavy atom. The Hall–Kier alpha value is -3.32. The van der Waals surface area contributed by atoms with E-state index in [9.17, 15) is 0 Å². The molecule has 0 spiro atoms. The minimum Gasteiger partial charge on any atom is -0.311 e. The van der Waals surface area contributed by atoms with Gasteiger partial charge in [-0.3, -0.25) is 0 Å². The molecule has 1 aliphatic carbocycles. The van der Waals surface area contributed by atoms with E-state index < -0.39 is 0 Å². The second-order valence-electron chi connectivity index (χ2n) is 10.3. The van der Waals surface area contributed by atoms with E-state index in [1.165, 1.54) is 28.7 Å². The zero-order chi connectivity index (χ0) is 22.3. The molecule has 0 unspecified atom stereocenters. The fourth-order valence-electron chi connectivity index (χ4n) is 5.57. The SMILES string of the molecule is CC1(C)CC(C)(C)c2cc(-c3ccc(N(c4ccccc4)c4ccccc4)cc3)ccc21. The lowest BCUT2D eigenvalue weighted by Gasteiger charge is -2.25. The van der Waals surface area contributed by atoms with E-state index in [1.54, 1.807) is 0 Å². The molecule has 0 fully saturated rings. The normalized spacial score (nSPS) is 15.9. The van der Waals surface area contributed by atoms with Crippen LogP contribution in [0.2, 0.25) is 0 Å². The summed E-state index contributed by atoms with van der Waals surface area (Å²) in [5, 5.41) is 0. The Morgan fingerprint density at radius 2 is 0.969 bits per heavy atom. The van der Waals surface area contributed by atoms with Gasteiger partial charge in [0.1, 0.15) is 0 Å². The van der Waals surface area contributed by atoms with Gasteiger partial charge in [-0.05, 0) is 75.9 Å². The van der Waals surface area contributed by atoms with Crippen LogP contribution >= 0.6 is 0 Å². The molecule has 1 heteroatoms. The van der Waals surface area contributed by atoms with Crippen LogP contribution in [0, 0.1) is 0 Å². The number of fused-ring (bicyclic) bond motifs is 1. The molecule has 0 heterocycles. The van der Waals surface area contributed by atoms with Gasteiger partial charge in [0, 0.05) is 17.1 Å². The average Bonchev–Trinajstić information content (AvgIpc) is 2.99. The van der Waals surface area contributed by atoms with Crippen molar-refractivity contribution in [3.63, 3.8) is 0 Å².